The van der Waals surface area contributed by atoms with E-state index in [1.807, 2.05) is 146 Å². The Morgan fingerprint density at radius 1 is 0.209 bits per heavy atom. The summed E-state index contributed by atoms with van der Waals surface area (Å²) >= 11 is 6.23. The van der Waals surface area contributed by atoms with Crippen LogP contribution in [-0.2, 0) is 20.1 Å². The molecule has 0 amide bonds. The zero-order valence-corrected chi connectivity index (χ0v) is 74.8. The molecular weight excluding hydrogens is 1660 g/mol. The molecule has 0 atom stereocenters. The van der Waals surface area contributed by atoms with Crippen molar-refractivity contribution in [3.05, 3.63) is 498 Å². The summed E-state index contributed by atoms with van der Waals surface area (Å²) < 4.78 is 25.3. The quantitative estimate of drug-likeness (QED) is 0.0973. The number of rotatable bonds is 14. The topological polar surface area (TPSA) is 122 Å². The molecule has 4 aromatic heterocycles. The van der Waals surface area contributed by atoms with Crippen LogP contribution in [0, 0.1) is 0 Å². The summed E-state index contributed by atoms with van der Waals surface area (Å²) in [4.78, 5) is 29.6. The molecule has 25 rings (SSSR count). The van der Waals surface area contributed by atoms with Gasteiger partial charge in [0.2, 0.25) is 0 Å². The van der Waals surface area contributed by atoms with Crippen LogP contribution in [-0.4, -0.2) is 48.2 Å². The van der Waals surface area contributed by atoms with Gasteiger partial charge < -0.3 is 18.1 Å². The van der Waals surface area contributed by atoms with E-state index in [1.165, 1.54) is 66.8 Å². The number of fused-ring (bicyclic) bond motifs is 12. The molecule has 0 saturated carbocycles. The first-order valence-corrected chi connectivity index (χ1v) is 45.7. The maximum atomic E-state index is 6.39. The maximum Gasteiger partial charge on any atom is 0.494 e. The minimum atomic E-state index is -0.549. The predicted molar refractivity (Wildman–Crippen MR) is 545 cm³/mol. The Morgan fingerprint density at radius 2 is 0.478 bits per heavy atom. The van der Waals surface area contributed by atoms with Gasteiger partial charge in [-0.15, -0.1) is 0 Å². The van der Waals surface area contributed by atoms with E-state index in [0.717, 1.165) is 116 Å². The Balaban J connectivity index is 0.000000122. The van der Waals surface area contributed by atoms with Crippen LogP contribution in [0.2, 0.25) is 5.02 Å². The first-order chi connectivity index (χ1) is 65.8. The van der Waals surface area contributed by atoms with Crippen molar-refractivity contribution >= 4 is 68.1 Å². The van der Waals surface area contributed by atoms with Gasteiger partial charge in [0.05, 0.1) is 22.0 Å². The van der Waals surface area contributed by atoms with Crippen molar-refractivity contribution in [1.29, 1.82) is 0 Å². The molecule has 12 heteroatoms. The van der Waals surface area contributed by atoms with Gasteiger partial charge in [0.25, 0.3) is 0 Å². The van der Waals surface area contributed by atoms with Crippen LogP contribution < -0.4 is 5.46 Å². The van der Waals surface area contributed by atoms with Crippen LogP contribution in [0.15, 0.2) is 458 Å². The van der Waals surface area contributed by atoms with Crippen LogP contribution in [0.25, 0.3) is 168 Å². The molecule has 0 unspecified atom stereocenters. The summed E-state index contributed by atoms with van der Waals surface area (Å²) in [7, 11) is -0.401. The average Bonchev–Trinajstić information content (AvgIpc) is 1.54. The molecule has 0 radical (unpaired) electrons. The first-order valence-electron chi connectivity index (χ1n) is 45.4. The fourth-order valence-corrected chi connectivity index (χ4v) is 20.0. The van der Waals surface area contributed by atoms with Gasteiger partial charge >= 0.3 is 7.12 Å². The Morgan fingerprint density at radius 3 is 0.843 bits per heavy atom. The molecule has 638 valence electrons. The van der Waals surface area contributed by atoms with Crippen LogP contribution in [0.4, 0.5) is 0 Å². The highest BCUT2D eigenvalue weighted by molar-refractivity contribution is 6.62. The molecule has 1 aliphatic heterocycles. The van der Waals surface area contributed by atoms with Crippen molar-refractivity contribution in [2.45, 2.75) is 49.7 Å². The van der Waals surface area contributed by atoms with Gasteiger partial charge in [-0.05, 0) is 200 Å². The molecular formula is C122H86BClN6O4. The lowest BCUT2D eigenvalue weighted by molar-refractivity contribution is 0.00578. The Labute approximate surface area is 782 Å². The molecule has 0 N–H and O–H groups in total. The summed E-state index contributed by atoms with van der Waals surface area (Å²) in [5.41, 5.74) is 30.1. The number of nitrogens with zero attached hydrogens (tertiary/aromatic N) is 6. The first kappa shape index (κ1) is 82.3. The monoisotopic (exact) mass is 1740 g/mol. The van der Waals surface area contributed by atoms with Crippen molar-refractivity contribution in [1.82, 2.24) is 29.9 Å². The molecule has 0 bridgehead atoms. The number of aromatic nitrogens is 6. The van der Waals surface area contributed by atoms with Crippen molar-refractivity contribution in [3.63, 3.8) is 0 Å². The third-order valence-electron chi connectivity index (χ3n) is 27.0. The fourth-order valence-electron chi connectivity index (χ4n) is 19.9. The summed E-state index contributed by atoms with van der Waals surface area (Å²) in [6, 6.07) is 157. The minimum Gasteiger partial charge on any atom is -0.456 e. The molecule has 5 heterocycles. The van der Waals surface area contributed by atoms with Crippen molar-refractivity contribution in [2.75, 3.05) is 0 Å². The van der Waals surface area contributed by atoms with Crippen molar-refractivity contribution in [2.24, 2.45) is 0 Å². The van der Waals surface area contributed by atoms with Gasteiger partial charge in [-0.2, -0.15) is 0 Å². The highest BCUT2D eigenvalue weighted by atomic mass is 35.5. The van der Waals surface area contributed by atoms with Gasteiger partial charge in [0, 0.05) is 59.9 Å². The van der Waals surface area contributed by atoms with E-state index in [4.69, 9.17) is 59.6 Å². The zero-order chi connectivity index (χ0) is 90.1. The number of furan rings is 2. The number of hydrogen-bond donors (Lipinski definition) is 0. The summed E-state index contributed by atoms with van der Waals surface area (Å²) in [5.74, 6) is 3.74. The number of benzene rings is 18. The highest BCUT2D eigenvalue weighted by Crippen LogP contribution is 2.59. The third-order valence-corrected chi connectivity index (χ3v) is 27.3. The average molecular weight is 1750 g/mol. The molecule has 18 aromatic carbocycles. The second-order valence-corrected chi connectivity index (χ2v) is 35.9. The lowest BCUT2D eigenvalue weighted by atomic mass is 9.66. The standard InChI is InChI=1S/C58H37N3O.C37H31BO3.C27H18ClN3/c1-3-15-38(16-4-1)41-19-13-21-43(35-41)56-59-55(40-17-5-2-6-18-40)60-57(61-56)44-22-14-20-42(36-44)39-29-31-45(32-30-39)58(51-26-10-7-23-47(51)48-24-8-11-27-52(48)58)46-33-34-54-50(37-46)49-25-9-12-28-53(49)62-54;1-35(2)36(3,4)41-38(40-35)26-20-17-24(18-21-26)37(31-14-8-5-11-27(31)28-12-6-9-15-32(28)37)25-19-22-34-30(23-25)29-13-7-10-16-33(29)39-34;28-24-16-8-15-23(18-24)27-30-25(20-11-5-2-6-12-20)29-26(31-27)22-14-7-13-21(17-22)19-9-3-1-4-10-19/h1-37H;5-23H,1-4H3;1-18H. The highest BCUT2D eigenvalue weighted by Gasteiger charge is 2.53. The fraction of sp³-hybridized carbons (Fsp3) is 0.0656. The van der Waals surface area contributed by atoms with Crippen LogP contribution in [0.3, 0.4) is 0 Å². The van der Waals surface area contributed by atoms with E-state index in [2.05, 4.69) is 331 Å². The maximum absolute atomic E-state index is 6.39. The lowest BCUT2D eigenvalue weighted by Gasteiger charge is -2.34. The van der Waals surface area contributed by atoms with E-state index in [0.29, 0.717) is 40.0 Å². The number of halogens is 1. The summed E-state index contributed by atoms with van der Waals surface area (Å²) in [6.45, 7) is 8.38. The molecule has 0 spiro atoms. The summed E-state index contributed by atoms with van der Waals surface area (Å²) in [6.07, 6.45) is 0. The summed E-state index contributed by atoms with van der Waals surface area (Å²) in [5, 5.41) is 5.15. The minimum absolute atomic E-state index is 0.385. The van der Waals surface area contributed by atoms with Crippen molar-refractivity contribution in [3.8, 4) is 124 Å². The van der Waals surface area contributed by atoms with Crippen LogP contribution >= 0.6 is 11.6 Å². The largest absolute Gasteiger partial charge is 0.494 e. The Kier molecular flexibility index (Phi) is 20.9. The molecule has 10 nitrogen and oxygen atoms in total. The smallest absolute Gasteiger partial charge is 0.456 e. The second kappa shape index (κ2) is 34.0. The van der Waals surface area contributed by atoms with Gasteiger partial charge in [-0.3, -0.25) is 0 Å². The zero-order valence-electron chi connectivity index (χ0n) is 74.0. The molecule has 22 aromatic rings. The van der Waals surface area contributed by atoms with Crippen molar-refractivity contribution < 1.29 is 18.1 Å². The predicted octanol–water partition coefficient (Wildman–Crippen LogP) is 29.9. The van der Waals surface area contributed by atoms with Crippen LogP contribution in [0.5, 0.6) is 0 Å². The number of hydrogen-bond acceptors (Lipinski definition) is 10. The van der Waals surface area contributed by atoms with Gasteiger partial charge in [-0.1, -0.05) is 394 Å². The molecule has 3 aliphatic rings. The second-order valence-electron chi connectivity index (χ2n) is 35.4. The van der Waals surface area contributed by atoms with Gasteiger partial charge in [0.15, 0.2) is 34.9 Å². The van der Waals surface area contributed by atoms with Gasteiger partial charge in [-0.25, -0.2) is 29.9 Å². The van der Waals surface area contributed by atoms with Gasteiger partial charge in [0.1, 0.15) is 22.3 Å². The van der Waals surface area contributed by atoms with E-state index >= 15 is 0 Å². The molecule has 2 aliphatic carbocycles. The lowest BCUT2D eigenvalue weighted by Crippen LogP contribution is -2.41. The third kappa shape index (κ3) is 14.7. The molecule has 134 heavy (non-hydrogen) atoms. The normalized spacial score (nSPS) is 13.9. The SMILES string of the molecule is CC1(C)OB(c2ccc(C3(c4ccc5oc6ccccc6c5c4)c4ccccc4-c4ccccc43)cc2)OC1(C)C.Clc1cccc(-c2nc(-c3ccccc3)nc(-c3cccc(-c4ccccc4)c3)n2)c1.c1ccc(-c2cccc(-c3nc(-c4ccccc4)nc(-c4cccc(-c5ccc(C6(c7ccc8oc9ccccc9c8c7)c7ccccc7-c7ccccc76)cc5)c4)n3)c2)cc1. The Bertz CT molecular complexity index is 8120. The molecule has 1 saturated heterocycles. The van der Waals surface area contributed by atoms with E-state index in [-0.39, 0.29) is 11.2 Å². The van der Waals surface area contributed by atoms with E-state index in [9.17, 15) is 0 Å². The van der Waals surface area contributed by atoms with Crippen LogP contribution in [0.1, 0.15) is 72.2 Å². The van der Waals surface area contributed by atoms with E-state index in [1.54, 1.807) is 0 Å². The van der Waals surface area contributed by atoms with E-state index < -0.39 is 17.9 Å². The molecule has 1 fully saturated rings. The Hall–Kier alpha value is -16.1. The number of para-hydroxylation sites is 2.